The third-order valence-electron chi connectivity index (χ3n) is 1.49. The van der Waals surface area contributed by atoms with Gasteiger partial charge in [-0.1, -0.05) is 25.8 Å². The Kier molecular flexibility index (Phi) is 6.16. The number of rotatable bonds is 6. The molecule has 0 fully saturated rings. The van der Waals surface area contributed by atoms with Gasteiger partial charge >= 0.3 is 0 Å². The Labute approximate surface area is 78.0 Å². The smallest absolute Gasteiger partial charge is 0.241 e. The van der Waals surface area contributed by atoms with Crippen LogP contribution in [0.25, 0.3) is 0 Å². The second-order valence-electron chi connectivity index (χ2n) is 4.10. The van der Waals surface area contributed by atoms with Crippen molar-refractivity contribution in [3.8, 4) is 0 Å². The van der Waals surface area contributed by atoms with Crippen LogP contribution in [0.2, 0.25) is 19.6 Å². The van der Waals surface area contributed by atoms with Crippen LogP contribution in [0.4, 0.5) is 0 Å². The summed E-state index contributed by atoms with van der Waals surface area (Å²) in [7, 11) is -1.31. The highest BCUT2D eigenvalue weighted by Gasteiger charge is 2.12. The quantitative estimate of drug-likeness (QED) is 0.347. The van der Waals surface area contributed by atoms with E-state index < -0.39 is 8.32 Å². The van der Waals surface area contributed by atoms with Crippen LogP contribution < -0.4 is 0 Å². The van der Waals surface area contributed by atoms with Crippen molar-refractivity contribution in [1.29, 1.82) is 0 Å². The van der Waals surface area contributed by atoms with E-state index in [0.717, 1.165) is 0 Å². The molecule has 0 aromatic rings. The van der Waals surface area contributed by atoms with Gasteiger partial charge in [0.25, 0.3) is 0 Å². The van der Waals surface area contributed by atoms with Crippen molar-refractivity contribution in [3.05, 3.63) is 12.3 Å². The minimum atomic E-state index is -1.31. The zero-order valence-corrected chi connectivity index (χ0v) is 9.89. The maximum absolute atomic E-state index is 5.57. The monoisotopic (exact) mass is 186 g/mol. The molecule has 0 N–H and O–H groups in total. The molecule has 0 aromatic heterocycles. The fourth-order valence-corrected chi connectivity index (χ4v) is 1.34. The Balaban J connectivity index is 3.26. The number of hydrogen-bond acceptors (Lipinski definition) is 1. The summed E-state index contributed by atoms with van der Waals surface area (Å²) in [4.78, 5) is 0. The molecule has 0 heterocycles. The molecule has 0 rings (SSSR count). The van der Waals surface area contributed by atoms with E-state index in [4.69, 9.17) is 4.43 Å². The van der Waals surface area contributed by atoms with Crippen molar-refractivity contribution in [2.45, 2.75) is 52.2 Å². The van der Waals surface area contributed by atoms with E-state index >= 15 is 0 Å². The van der Waals surface area contributed by atoms with E-state index in [2.05, 4.69) is 32.6 Å². The maximum Gasteiger partial charge on any atom is 0.241 e. The summed E-state index contributed by atoms with van der Waals surface area (Å²) in [6, 6.07) is 0. The SMILES string of the molecule is CCCCCC=CO[Si](C)(C)C. The van der Waals surface area contributed by atoms with Crippen LogP contribution in [0.3, 0.4) is 0 Å². The van der Waals surface area contributed by atoms with Gasteiger partial charge in [-0.2, -0.15) is 0 Å². The molecule has 0 bridgehead atoms. The second kappa shape index (κ2) is 6.29. The molecule has 0 aliphatic heterocycles. The summed E-state index contributed by atoms with van der Waals surface area (Å²) in [5, 5.41) is 0. The molecule has 0 unspecified atom stereocenters. The molecule has 1 nitrogen and oxygen atoms in total. The number of allylic oxidation sites excluding steroid dienone is 1. The molecule has 0 spiro atoms. The molecular formula is C10H22OSi. The molecule has 0 atom stereocenters. The lowest BCUT2D eigenvalue weighted by Gasteiger charge is -2.14. The van der Waals surface area contributed by atoms with Gasteiger partial charge in [0.15, 0.2) is 0 Å². The van der Waals surface area contributed by atoms with Crippen molar-refractivity contribution in [2.24, 2.45) is 0 Å². The third kappa shape index (κ3) is 9.76. The van der Waals surface area contributed by atoms with E-state index in [0.29, 0.717) is 0 Å². The van der Waals surface area contributed by atoms with Crippen LogP contribution in [-0.4, -0.2) is 8.32 Å². The lowest BCUT2D eigenvalue weighted by Crippen LogP contribution is -2.21. The normalized spacial score (nSPS) is 12.3. The average molecular weight is 186 g/mol. The van der Waals surface area contributed by atoms with Gasteiger partial charge in [-0.15, -0.1) is 0 Å². The fraction of sp³-hybridized carbons (Fsp3) is 0.800. The van der Waals surface area contributed by atoms with Gasteiger partial charge in [-0.3, -0.25) is 0 Å². The van der Waals surface area contributed by atoms with Gasteiger partial charge in [-0.05, 0) is 32.5 Å². The van der Waals surface area contributed by atoms with Gasteiger partial charge in [0.05, 0.1) is 6.26 Å². The highest BCUT2D eigenvalue weighted by atomic mass is 28.4. The molecule has 0 amide bonds. The fourth-order valence-electron chi connectivity index (χ4n) is 0.832. The van der Waals surface area contributed by atoms with Crippen LogP contribution in [0.5, 0.6) is 0 Å². The number of unbranched alkanes of at least 4 members (excludes halogenated alkanes) is 3. The van der Waals surface area contributed by atoms with Gasteiger partial charge < -0.3 is 4.43 Å². The van der Waals surface area contributed by atoms with E-state index in [-0.39, 0.29) is 0 Å². The molecule has 0 saturated carbocycles. The number of hydrogen-bond donors (Lipinski definition) is 0. The zero-order valence-electron chi connectivity index (χ0n) is 8.89. The maximum atomic E-state index is 5.57. The Hall–Kier alpha value is -0.243. The van der Waals surface area contributed by atoms with Crippen LogP contribution in [0.1, 0.15) is 32.6 Å². The minimum Gasteiger partial charge on any atom is -0.550 e. The summed E-state index contributed by atoms with van der Waals surface area (Å²) < 4.78 is 5.57. The predicted octanol–water partition coefficient (Wildman–Crippen LogP) is 3.93. The summed E-state index contributed by atoms with van der Waals surface area (Å²) in [5.74, 6) is 0. The zero-order chi connectivity index (χ0) is 9.45. The highest BCUT2D eigenvalue weighted by Crippen LogP contribution is 2.04. The van der Waals surface area contributed by atoms with Crippen molar-refractivity contribution in [1.82, 2.24) is 0 Å². The summed E-state index contributed by atoms with van der Waals surface area (Å²) in [6.07, 6.45) is 9.12. The van der Waals surface area contributed by atoms with Crippen molar-refractivity contribution >= 4 is 8.32 Å². The van der Waals surface area contributed by atoms with E-state index in [1.165, 1.54) is 25.7 Å². The van der Waals surface area contributed by atoms with Crippen molar-refractivity contribution < 1.29 is 4.43 Å². The Bertz CT molecular complexity index is 124. The lowest BCUT2D eigenvalue weighted by molar-refractivity contribution is 0.476. The Morgan fingerprint density at radius 3 is 2.33 bits per heavy atom. The standard InChI is InChI=1S/C10H22OSi/c1-5-6-7-8-9-10-11-12(2,3)4/h9-10H,5-8H2,1-4H3. The molecule has 12 heavy (non-hydrogen) atoms. The van der Waals surface area contributed by atoms with E-state index in [1.54, 1.807) is 0 Å². The molecule has 0 aromatic carbocycles. The summed E-state index contributed by atoms with van der Waals surface area (Å²) in [5.41, 5.74) is 0. The first-order valence-electron chi connectivity index (χ1n) is 4.89. The minimum absolute atomic E-state index is 1.16. The largest absolute Gasteiger partial charge is 0.550 e. The molecule has 0 radical (unpaired) electrons. The third-order valence-corrected chi connectivity index (χ3v) is 2.34. The van der Waals surface area contributed by atoms with Crippen molar-refractivity contribution in [3.63, 3.8) is 0 Å². The Morgan fingerprint density at radius 2 is 1.83 bits per heavy atom. The van der Waals surface area contributed by atoms with Gasteiger partial charge in [0.2, 0.25) is 8.32 Å². The second-order valence-corrected chi connectivity index (χ2v) is 8.56. The van der Waals surface area contributed by atoms with E-state index in [1.807, 2.05) is 6.26 Å². The summed E-state index contributed by atoms with van der Waals surface area (Å²) >= 11 is 0. The molecule has 0 aliphatic rings. The molecule has 2 heteroatoms. The molecule has 72 valence electrons. The highest BCUT2D eigenvalue weighted by molar-refractivity contribution is 6.69. The lowest BCUT2D eigenvalue weighted by atomic mass is 10.2. The van der Waals surface area contributed by atoms with Crippen LogP contribution in [-0.2, 0) is 4.43 Å². The van der Waals surface area contributed by atoms with E-state index in [9.17, 15) is 0 Å². The first kappa shape index (κ1) is 11.8. The molecule has 0 saturated heterocycles. The topological polar surface area (TPSA) is 9.23 Å². The molecule has 0 aliphatic carbocycles. The van der Waals surface area contributed by atoms with Crippen molar-refractivity contribution in [2.75, 3.05) is 0 Å². The first-order chi connectivity index (χ1) is 5.56. The predicted molar refractivity (Wildman–Crippen MR) is 57.7 cm³/mol. The Morgan fingerprint density at radius 1 is 1.17 bits per heavy atom. The average Bonchev–Trinajstić information content (AvgIpc) is 1.94. The summed E-state index contributed by atoms with van der Waals surface area (Å²) in [6.45, 7) is 8.82. The molecular weight excluding hydrogens is 164 g/mol. The van der Waals surface area contributed by atoms with Gasteiger partial charge in [0, 0.05) is 0 Å². The van der Waals surface area contributed by atoms with Crippen LogP contribution >= 0.6 is 0 Å². The van der Waals surface area contributed by atoms with Crippen LogP contribution in [0, 0.1) is 0 Å². The van der Waals surface area contributed by atoms with Crippen LogP contribution in [0.15, 0.2) is 12.3 Å². The first-order valence-corrected chi connectivity index (χ1v) is 8.30. The van der Waals surface area contributed by atoms with Gasteiger partial charge in [-0.25, -0.2) is 0 Å². The van der Waals surface area contributed by atoms with Gasteiger partial charge in [0.1, 0.15) is 0 Å².